The Bertz CT molecular complexity index is 1260. The van der Waals surface area contributed by atoms with Gasteiger partial charge in [-0.05, 0) is 24.3 Å². The van der Waals surface area contributed by atoms with Crippen LogP contribution in [0.4, 0.5) is 5.13 Å². The number of aromatic nitrogens is 3. The highest BCUT2D eigenvalue weighted by Gasteiger charge is 2.20. The number of anilines is 1. The highest BCUT2D eigenvalue weighted by molar-refractivity contribution is 7.22. The van der Waals surface area contributed by atoms with E-state index in [1.165, 1.54) is 11.3 Å². The van der Waals surface area contributed by atoms with Crippen LogP contribution in [0, 0.1) is 0 Å². The number of hydrogen-bond donors (Lipinski definition) is 1. The average molecular weight is 396 g/mol. The van der Waals surface area contributed by atoms with Crippen LogP contribution in [-0.2, 0) is 0 Å². The second kappa shape index (κ2) is 7.33. The third-order valence-electron chi connectivity index (χ3n) is 4.54. The van der Waals surface area contributed by atoms with Gasteiger partial charge in [-0.15, -0.1) is 0 Å². The maximum atomic E-state index is 13.1. The first-order valence-electron chi connectivity index (χ1n) is 9.15. The zero-order valence-corrected chi connectivity index (χ0v) is 16.1. The van der Waals surface area contributed by atoms with Gasteiger partial charge in [0.2, 0.25) is 0 Å². The van der Waals surface area contributed by atoms with Crippen LogP contribution in [-0.4, -0.2) is 20.7 Å². The molecule has 1 amide bonds. The molecule has 29 heavy (non-hydrogen) atoms. The number of carbonyl (C=O) groups excluding carboxylic acids is 1. The fraction of sp³-hybridized carbons (Fsp3) is 0. The summed E-state index contributed by atoms with van der Waals surface area (Å²) in [6.45, 7) is 0. The van der Waals surface area contributed by atoms with Crippen LogP contribution >= 0.6 is 11.3 Å². The van der Waals surface area contributed by atoms with Crippen LogP contribution in [0.5, 0.6) is 0 Å². The summed E-state index contributed by atoms with van der Waals surface area (Å²) >= 11 is 1.45. The molecule has 0 aliphatic carbocycles. The molecule has 2 aromatic heterocycles. The molecule has 140 valence electrons. The quantitative estimate of drug-likeness (QED) is 0.442. The minimum atomic E-state index is -0.231. The van der Waals surface area contributed by atoms with E-state index in [-0.39, 0.29) is 5.91 Å². The number of thiazole rings is 1. The molecular weight excluding hydrogens is 380 g/mol. The molecular formula is C23H16N4OS. The normalized spacial score (nSPS) is 10.9. The van der Waals surface area contributed by atoms with Crippen molar-refractivity contribution >= 4 is 32.6 Å². The first-order chi connectivity index (χ1) is 14.3. The predicted molar refractivity (Wildman–Crippen MR) is 117 cm³/mol. The Morgan fingerprint density at radius 3 is 2.31 bits per heavy atom. The van der Waals surface area contributed by atoms with Gasteiger partial charge in [-0.3, -0.25) is 10.1 Å². The summed E-state index contributed by atoms with van der Waals surface area (Å²) in [5, 5.41) is 8.20. The van der Waals surface area contributed by atoms with Gasteiger partial charge in [0, 0.05) is 11.8 Å². The lowest BCUT2D eigenvalue weighted by Crippen LogP contribution is -2.12. The lowest BCUT2D eigenvalue weighted by Gasteiger charge is -2.02. The highest BCUT2D eigenvalue weighted by atomic mass is 32.1. The number of carbonyl (C=O) groups is 1. The van der Waals surface area contributed by atoms with Gasteiger partial charge in [-0.1, -0.05) is 72.0 Å². The van der Waals surface area contributed by atoms with Crippen LogP contribution in [0.15, 0.2) is 91.1 Å². The number of fused-ring (bicyclic) bond motifs is 1. The first-order valence-corrected chi connectivity index (χ1v) is 9.97. The van der Waals surface area contributed by atoms with Crippen LogP contribution in [0.25, 0.3) is 27.2 Å². The average Bonchev–Trinajstić information content (AvgIpc) is 3.39. The molecule has 1 N–H and O–H groups in total. The fourth-order valence-electron chi connectivity index (χ4n) is 3.15. The van der Waals surface area contributed by atoms with E-state index in [4.69, 9.17) is 5.10 Å². The zero-order valence-electron chi connectivity index (χ0n) is 15.3. The van der Waals surface area contributed by atoms with E-state index in [0.29, 0.717) is 16.4 Å². The van der Waals surface area contributed by atoms with Crippen LogP contribution in [0.2, 0.25) is 0 Å². The van der Waals surface area contributed by atoms with Gasteiger partial charge in [0.05, 0.1) is 21.5 Å². The Balaban J connectivity index is 1.55. The molecule has 2 heterocycles. The number of para-hydroxylation sites is 2. The zero-order chi connectivity index (χ0) is 19.6. The lowest BCUT2D eigenvalue weighted by molar-refractivity contribution is 0.102. The summed E-state index contributed by atoms with van der Waals surface area (Å²) in [5.74, 6) is -0.231. The summed E-state index contributed by atoms with van der Waals surface area (Å²) in [4.78, 5) is 17.6. The van der Waals surface area contributed by atoms with Crippen LogP contribution in [0.1, 0.15) is 10.4 Å². The van der Waals surface area contributed by atoms with E-state index in [1.54, 1.807) is 10.9 Å². The monoisotopic (exact) mass is 396 g/mol. The summed E-state index contributed by atoms with van der Waals surface area (Å²) in [5.41, 5.74) is 3.78. The number of rotatable bonds is 4. The molecule has 0 fully saturated rings. The summed E-state index contributed by atoms with van der Waals surface area (Å²) in [6.07, 6.45) is 1.76. The molecule has 0 aliphatic rings. The van der Waals surface area contributed by atoms with Gasteiger partial charge in [0.1, 0.15) is 5.69 Å². The predicted octanol–water partition coefficient (Wildman–Crippen LogP) is 5.40. The Kier molecular flexibility index (Phi) is 4.38. The third-order valence-corrected chi connectivity index (χ3v) is 5.49. The number of hydrogen-bond acceptors (Lipinski definition) is 4. The number of nitrogens with one attached hydrogen (secondary N) is 1. The van der Waals surface area contributed by atoms with Crippen molar-refractivity contribution in [1.29, 1.82) is 0 Å². The van der Waals surface area contributed by atoms with Gasteiger partial charge in [-0.25, -0.2) is 9.67 Å². The smallest absolute Gasteiger partial charge is 0.261 e. The molecule has 0 bridgehead atoms. The Morgan fingerprint density at radius 1 is 0.862 bits per heavy atom. The van der Waals surface area contributed by atoms with Crippen molar-refractivity contribution in [2.45, 2.75) is 0 Å². The van der Waals surface area contributed by atoms with E-state index < -0.39 is 0 Å². The second-order valence-corrected chi connectivity index (χ2v) is 7.51. The first kappa shape index (κ1) is 17.3. The van der Waals surface area contributed by atoms with E-state index in [2.05, 4.69) is 10.3 Å². The van der Waals surface area contributed by atoms with Gasteiger partial charge in [0.25, 0.3) is 5.91 Å². The number of benzene rings is 3. The van der Waals surface area contributed by atoms with Gasteiger partial charge < -0.3 is 0 Å². The molecule has 0 radical (unpaired) electrons. The molecule has 3 aromatic carbocycles. The van der Waals surface area contributed by atoms with Crippen LogP contribution in [0.3, 0.4) is 0 Å². The van der Waals surface area contributed by atoms with Crippen molar-refractivity contribution in [3.05, 3.63) is 96.7 Å². The van der Waals surface area contributed by atoms with Crippen molar-refractivity contribution < 1.29 is 4.79 Å². The third kappa shape index (κ3) is 3.41. The molecule has 6 heteroatoms. The Hall–Kier alpha value is -3.77. The van der Waals surface area contributed by atoms with Gasteiger partial charge in [-0.2, -0.15) is 5.10 Å². The van der Waals surface area contributed by atoms with E-state index in [1.807, 2.05) is 84.9 Å². The maximum Gasteiger partial charge on any atom is 0.261 e. The SMILES string of the molecule is O=C(Nc1nc2ccccc2s1)c1cn(-c2ccccc2)nc1-c1ccccc1. The van der Waals surface area contributed by atoms with Gasteiger partial charge in [0.15, 0.2) is 5.13 Å². The van der Waals surface area contributed by atoms with Crippen molar-refractivity contribution in [3.8, 4) is 16.9 Å². The highest BCUT2D eigenvalue weighted by Crippen LogP contribution is 2.28. The Morgan fingerprint density at radius 2 is 1.55 bits per heavy atom. The topological polar surface area (TPSA) is 59.8 Å². The summed E-state index contributed by atoms with van der Waals surface area (Å²) in [7, 11) is 0. The summed E-state index contributed by atoms with van der Waals surface area (Å²) < 4.78 is 2.77. The standard InChI is InChI=1S/C23H16N4OS/c28-22(25-23-24-19-13-7-8-14-20(19)29-23)18-15-27(17-11-5-2-6-12-17)26-21(18)16-9-3-1-4-10-16/h1-15H,(H,24,25,28). The van der Waals surface area contributed by atoms with Crippen LogP contribution < -0.4 is 5.32 Å². The molecule has 5 aromatic rings. The van der Waals surface area contributed by atoms with Crippen molar-refractivity contribution in [1.82, 2.24) is 14.8 Å². The molecule has 5 rings (SSSR count). The summed E-state index contributed by atoms with van der Waals surface area (Å²) in [6, 6.07) is 27.3. The second-order valence-electron chi connectivity index (χ2n) is 6.48. The largest absolute Gasteiger partial charge is 0.298 e. The molecule has 0 spiro atoms. The maximum absolute atomic E-state index is 13.1. The molecule has 0 saturated heterocycles. The molecule has 5 nitrogen and oxygen atoms in total. The minimum Gasteiger partial charge on any atom is -0.298 e. The number of nitrogens with zero attached hydrogens (tertiary/aromatic N) is 3. The van der Waals surface area contributed by atoms with Crippen molar-refractivity contribution in [3.63, 3.8) is 0 Å². The number of amides is 1. The van der Waals surface area contributed by atoms with E-state index in [0.717, 1.165) is 21.5 Å². The van der Waals surface area contributed by atoms with Crippen molar-refractivity contribution in [2.75, 3.05) is 5.32 Å². The minimum absolute atomic E-state index is 0.231. The molecule has 0 atom stereocenters. The Labute approximate surface area is 171 Å². The lowest BCUT2D eigenvalue weighted by atomic mass is 10.1. The van der Waals surface area contributed by atoms with Gasteiger partial charge >= 0.3 is 0 Å². The fourth-order valence-corrected chi connectivity index (χ4v) is 4.01. The molecule has 0 saturated carbocycles. The van der Waals surface area contributed by atoms with Crippen molar-refractivity contribution in [2.24, 2.45) is 0 Å². The van der Waals surface area contributed by atoms with E-state index >= 15 is 0 Å². The molecule has 0 unspecified atom stereocenters. The van der Waals surface area contributed by atoms with E-state index in [9.17, 15) is 4.79 Å². The molecule has 0 aliphatic heterocycles.